The van der Waals surface area contributed by atoms with Crippen molar-refractivity contribution in [1.82, 2.24) is 4.90 Å². The molecule has 0 saturated heterocycles. The van der Waals surface area contributed by atoms with Gasteiger partial charge in [0.1, 0.15) is 5.54 Å². The third kappa shape index (κ3) is 4.31. The van der Waals surface area contributed by atoms with E-state index in [1.165, 1.54) is 22.5 Å². The van der Waals surface area contributed by atoms with E-state index in [9.17, 15) is 0 Å². The van der Waals surface area contributed by atoms with Crippen LogP contribution in [-0.2, 0) is 12.1 Å². The molecule has 5 rings (SSSR count). The van der Waals surface area contributed by atoms with Gasteiger partial charge in [0, 0.05) is 17.1 Å². The van der Waals surface area contributed by atoms with Crippen LogP contribution in [0.15, 0.2) is 75.7 Å². The Hall–Kier alpha value is -1.60. The summed E-state index contributed by atoms with van der Waals surface area (Å²) in [7, 11) is 0. The highest BCUT2D eigenvalue weighted by molar-refractivity contribution is 8.17. The molecular weight excluding hydrogens is 443 g/mol. The van der Waals surface area contributed by atoms with E-state index in [1.54, 1.807) is 23.5 Å². The molecule has 0 amide bonds. The van der Waals surface area contributed by atoms with E-state index in [0.29, 0.717) is 0 Å². The highest BCUT2D eigenvalue weighted by Gasteiger charge is 2.40. The topological polar surface area (TPSA) is 40.0 Å². The first-order valence-electron chi connectivity index (χ1n) is 9.02. The molecule has 2 aromatic rings. The number of aliphatic imine (C=N–C) groups is 2. The van der Waals surface area contributed by atoms with Crippen LogP contribution in [0.4, 0.5) is 5.69 Å². The van der Waals surface area contributed by atoms with E-state index < -0.39 is 0 Å². The van der Waals surface area contributed by atoms with Gasteiger partial charge in [-0.2, -0.15) is 0 Å². The Kier molecular flexibility index (Phi) is 6.89. The molecule has 29 heavy (non-hydrogen) atoms. The van der Waals surface area contributed by atoms with E-state index >= 15 is 0 Å². The molecular formula is C21H22Cl2N4S2. The van der Waals surface area contributed by atoms with Gasteiger partial charge in [0.2, 0.25) is 0 Å². The van der Waals surface area contributed by atoms with Crippen LogP contribution in [-0.4, -0.2) is 27.5 Å². The Morgan fingerprint density at radius 3 is 2.69 bits per heavy atom. The van der Waals surface area contributed by atoms with Crippen LogP contribution in [0.5, 0.6) is 0 Å². The van der Waals surface area contributed by atoms with Crippen LogP contribution >= 0.6 is 48.3 Å². The van der Waals surface area contributed by atoms with Gasteiger partial charge in [-0.1, -0.05) is 72.1 Å². The molecule has 0 fully saturated rings. The van der Waals surface area contributed by atoms with Crippen LogP contribution in [0.25, 0.3) is 0 Å². The first kappa shape index (κ1) is 22.1. The minimum atomic E-state index is -0.173. The summed E-state index contributed by atoms with van der Waals surface area (Å²) in [6.45, 7) is 3.87. The maximum absolute atomic E-state index is 5.03. The number of hydrogen-bond acceptors (Lipinski definition) is 6. The molecule has 3 heterocycles. The fourth-order valence-corrected chi connectivity index (χ4v) is 5.54. The molecule has 4 nitrogen and oxygen atoms in total. The molecule has 1 atom stereocenters. The number of thioether (sulfide) groups is 2. The summed E-state index contributed by atoms with van der Waals surface area (Å²) in [5.41, 5.74) is 4.84. The molecule has 0 aliphatic carbocycles. The molecule has 1 unspecified atom stereocenters. The van der Waals surface area contributed by atoms with Gasteiger partial charge < -0.3 is 10.2 Å². The zero-order chi connectivity index (χ0) is 18.3. The zero-order valence-electron chi connectivity index (χ0n) is 15.9. The normalized spacial score (nSPS) is 21.6. The Balaban J connectivity index is 0.00000120. The van der Waals surface area contributed by atoms with E-state index in [1.807, 2.05) is 0 Å². The molecule has 0 saturated carbocycles. The van der Waals surface area contributed by atoms with Gasteiger partial charge in [-0.3, -0.25) is 4.99 Å². The molecule has 0 bridgehead atoms. The first-order valence-corrected chi connectivity index (χ1v) is 10.9. The van der Waals surface area contributed by atoms with Gasteiger partial charge in [-0.05, 0) is 29.5 Å². The van der Waals surface area contributed by atoms with Crippen molar-refractivity contribution in [2.75, 3.05) is 17.6 Å². The van der Waals surface area contributed by atoms with E-state index in [0.717, 1.165) is 29.2 Å². The number of halogens is 2. The molecule has 0 aromatic heterocycles. The fraction of sp³-hybridized carbons (Fsp3) is 0.238. The first-order chi connectivity index (χ1) is 13.2. The van der Waals surface area contributed by atoms with E-state index in [4.69, 9.17) is 4.99 Å². The molecule has 2 aromatic carbocycles. The van der Waals surface area contributed by atoms with E-state index in [-0.39, 0.29) is 30.4 Å². The molecule has 8 heteroatoms. The van der Waals surface area contributed by atoms with Crippen LogP contribution in [0.3, 0.4) is 0 Å². The molecule has 1 N–H and O–H groups in total. The van der Waals surface area contributed by atoms with Crippen molar-refractivity contribution >= 4 is 64.4 Å². The predicted molar refractivity (Wildman–Crippen MR) is 132 cm³/mol. The van der Waals surface area contributed by atoms with Gasteiger partial charge in [0.05, 0.1) is 13.1 Å². The number of para-hydroxylation sites is 1. The van der Waals surface area contributed by atoms with Crippen LogP contribution in [0, 0.1) is 0 Å². The van der Waals surface area contributed by atoms with Gasteiger partial charge in [-0.25, -0.2) is 4.99 Å². The smallest absolute Gasteiger partial charge is 0.168 e. The predicted octanol–water partition coefficient (Wildman–Crippen LogP) is 5.72. The van der Waals surface area contributed by atoms with Crippen LogP contribution < -0.4 is 5.32 Å². The molecule has 3 aliphatic heterocycles. The second kappa shape index (κ2) is 9.04. The number of amidine groups is 2. The van der Waals surface area contributed by atoms with Gasteiger partial charge in [0.25, 0.3) is 0 Å². The second-order valence-corrected chi connectivity index (χ2v) is 8.84. The zero-order valence-corrected chi connectivity index (χ0v) is 19.1. The average molecular weight is 465 g/mol. The molecule has 0 spiro atoms. The maximum Gasteiger partial charge on any atom is 0.168 e. The van der Waals surface area contributed by atoms with Crippen molar-refractivity contribution in [3.05, 3.63) is 76.8 Å². The standard InChI is InChI=1S/C21H20N4S2.2ClH/c1-21(16-8-3-2-4-9-16)14-25-17(13-27-20(25)24-21)12-26-19-22-11-15-7-5-6-10-18(15)23-19;;/h2-10,13H,11-12,14H2,1H3,(H,22,23);2*1H. The summed E-state index contributed by atoms with van der Waals surface area (Å²) in [4.78, 5) is 12.1. The number of hydrogen-bond donors (Lipinski definition) is 1. The average Bonchev–Trinajstić information content (AvgIpc) is 3.24. The quantitative estimate of drug-likeness (QED) is 0.630. The van der Waals surface area contributed by atoms with Crippen molar-refractivity contribution < 1.29 is 0 Å². The van der Waals surface area contributed by atoms with Gasteiger partial charge in [0.15, 0.2) is 10.3 Å². The number of fused-ring (bicyclic) bond motifs is 2. The lowest BCUT2D eigenvalue weighted by atomic mass is 9.93. The van der Waals surface area contributed by atoms with Crippen LogP contribution in [0.1, 0.15) is 18.1 Å². The highest BCUT2D eigenvalue weighted by Crippen LogP contribution is 2.41. The number of anilines is 1. The Labute approximate surface area is 192 Å². The van der Waals surface area contributed by atoms with E-state index in [2.05, 4.69) is 82.1 Å². The van der Waals surface area contributed by atoms with Crippen molar-refractivity contribution in [1.29, 1.82) is 0 Å². The summed E-state index contributed by atoms with van der Waals surface area (Å²) in [6, 6.07) is 19.0. The summed E-state index contributed by atoms with van der Waals surface area (Å²) in [5, 5.41) is 7.79. The Morgan fingerprint density at radius 1 is 1.10 bits per heavy atom. The fourth-order valence-electron chi connectivity index (χ4n) is 3.56. The monoisotopic (exact) mass is 464 g/mol. The number of rotatable bonds is 3. The Bertz CT molecular complexity index is 978. The lowest BCUT2D eigenvalue weighted by Crippen LogP contribution is -2.30. The van der Waals surface area contributed by atoms with Gasteiger partial charge in [-0.15, -0.1) is 24.8 Å². The number of benzene rings is 2. The van der Waals surface area contributed by atoms with Crippen molar-refractivity contribution in [3.8, 4) is 0 Å². The SMILES string of the molecule is CC1(c2ccccc2)CN2C(CSC3=NCc4ccccc4N3)=CSC2=N1.Cl.Cl. The van der Waals surface area contributed by atoms with Crippen molar-refractivity contribution in [3.63, 3.8) is 0 Å². The Morgan fingerprint density at radius 2 is 1.86 bits per heavy atom. The molecule has 0 radical (unpaired) electrons. The largest absolute Gasteiger partial charge is 0.335 e. The molecule has 3 aliphatic rings. The van der Waals surface area contributed by atoms with Crippen LogP contribution in [0.2, 0.25) is 0 Å². The summed E-state index contributed by atoms with van der Waals surface area (Å²) >= 11 is 3.50. The third-order valence-corrected chi connectivity index (χ3v) is 6.95. The second-order valence-electron chi connectivity index (χ2n) is 7.04. The third-order valence-electron chi connectivity index (χ3n) is 5.09. The van der Waals surface area contributed by atoms with Crippen molar-refractivity contribution in [2.45, 2.75) is 19.0 Å². The minimum absolute atomic E-state index is 0. The number of nitrogens with one attached hydrogen (secondary N) is 1. The van der Waals surface area contributed by atoms with Crippen molar-refractivity contribution in [2.24, 2.45) is 9.98 Å². The number of nitrogens with zero attached hydrogens (tertiary/aromatic N) is 3. The summed E-state index contributed by atoms with van der Waals surface area (Å²) in [6.07, 6.45) is 0. The lowest BCUT2D eigenvalue weighted by molar-refractivity contribution is 0.420. The lowest BCUT2D eigenvalue weighted by Gasteiger charge is -2.25. The molecule has 152 valence electrons. The highest BCUT2D eigenvalue weighted by atomic mass is 35.5. The maximum atomic E-state index is 5.03. The van der Waals surface area contributed by atoms with Gasteiger partial charge >= 0.3 is 0 Å². The summed E-state index contributed by atoms with van der Waals surface area (Å²) < 4.78 is 0. The minimum Gasteiger partial charge on any atom is -0.335 e. The summed E-state index contributed by atoms with van der Waals surface area (Å²) in [5.74, 6) is 0.894.